The number of carbonyl (C=O) groups excluding carboxylic acids is 1. The van der Waals surface area contributed by atoms with E-state index in [0.29, 0.717) is 17.9 Å². The molecule has 0 saturated carbocycles. The van der Waals surface area contributed by atoms with Crippen LogP contribution in [0.25, 0.3) is 5.69 Å². The number of nitrogens with zero attached hydrogens (tertiary/aromatic N) is 4. The van der Waals surface area contributed by atoms with E-state index >= 15 is 0 Å². The number of nitrogens with one attached hydrogen (secondary N) is 3. The lowest BCUT2D eigenvalue weighted by atomic mass is 10.1. The van der Waals surface area contributed by atoms with Crippen LogP contribution < -0.4 is 10.6 Å². The molecule has 2 aromatic heterocycles. The Morgan fingerprint density at radius 3 is 2.92 bits per heavy atom. The third-order valence-corrected chi connectivity index (χ3v) is 4.34. The minimum Gasteiger partial charge on any atom is -0.342 e. The number of para-hydroxylation sites is 1. The monoisotopic (exact) mass is 373 g/mol. The van der Waals surface area contributed by atoms with Crippen LogP contribution in [-0.4, -0.2) is 37.6 Å². The van der Waals surface area contributed by atoms with Crippen molar-refractivity contribution in [1.82, 2.24) is 35.8 Å². The average Bonchev–Trinajstić information content (AvgIpc) is 3.30. The fourth-order valence-electron chi connectivity index (χ4n) is 2.93. The van der Waals surface area contributed by atoms with Crippen LogP contribution in [0.3, 0.4) is 0 Å². The van der Waals surface area contributed by atoms with Gasteiger partial charge in [-0.2, -0.15) is 5.10 Å². The van der Waals surface area contributed by atoms with Crippen LogP contribution in [0.15, 0.2) is 36.5 Å². The van der Waals surface area contributed by atoms with E-state index < -0.39 is 0 Å². The molecular weight excluding hydrogens is 354 g/mol. The standard InChI is InChI=1S/C17H19N7O.ClH/c1-11(15-10-24(23-21-15)12-5-3-2-4-6-12)19-17(25)16-13-9-18-8-7-14(13)20-22-16;/h2-6,10-11,18H,7-9H2,1H3,(H,19,25)(H,20,22);1H. The molecule has 0 aliphatic carbocycles. The van der Waals surface area contributed by atoms with Crippen LogP contribution in [0.1, 0.15) is 40.4 Å². The molecule has 1 aliphatic rings. The second-order valence-electron chi connectivity index (χ2n) is 6.07. The third-order valence-electron chi connectivity index (χ3n) is 4.34. The zero-order valence-electron chi connectivity index (χ0n) is 14.3. The predicted molar refractivity (Wildman–Crippen MR) is 98.5 cm³/mol. The predicted octanol–water partition coefficient (Wildman–Crippen LogP) is 1.55. The number of rotatable bonds is 4. The van der Waals surface area contributed by atoms with Crippen LogP contribution in [0.5, 0.6) is 0 Å². The highest BCUT2D eigenvalue weighted by Crippen LogP contribution is 2.17. The van der Waals surface area contributed by atoms with Gasteiger partial charge in [0.15, 0.2) is 5.69 Å². The van der Waals surface area contributed by atoms with Gasteiger partial charge in [-0.25, -0.2) is 4.68 Å². The van der Waals surface area contributed by atoms with Crippen molar-refractivity contribution in [3.05, 3.63) is 59.2 Å². The van der Waals surface area contributed by atoms with Crippen LogP contribution >= 0.6 is 12.4 Å². The van der Waals surface area contributed by atoms with Crippen molar-refractivity contribution in [3.8, 4) is 5.69 Å². The molecule has 1 unspecified atom stereocenters. The fraction of sp³-hybridized carbons (Fsp3) is 0.294. The van der Waals surface area contributed by atoms with E-state index in [4.69, 9.17) is 0 Å². The Morgan fingerprint density at radius 1 is 1.31 bits per heavy atom. The first-order valence-electron chi connectivity index (χ1n) is 8.28. The summed E-state index contributed by atoms with van der Waals surface area (Å²) >= 11 is 0. The molecule has 0 radical (unpaired) electrons. The van der Waals surface area contributed by atoms with Crippen LogP contribution in [-0.2, 0) is 13.0 Å². The number of aromatic nitrogens is 5. The molecule has 3 N–H and O–H groups in total. The summed E-state index contributed by atoms with van der Waals surface area (Å²) in [6, 6.07) is 9.46. The minimum absolute atomic E-state index is 0. The molecule has 26 heavy (non-hydrogen) atoms. The zero-order valence-corrected chi connectivity index (χ0v) is 15.1. The van der Waals surface area contributed by atoms with Gasteiger partial charge in [0.25, 0.3) is 5.91 Å². The largest absolute Gasteiger partial charge is 0.342 e. The lowest BCUT2D eigenvalue weighted by Crippen LogP contribution is -2.30. The van der Waals surface area contributed by atoms with Crippen molar-refractivity contribution in [2.24, 2.45) is 0 Å². The first kappa shape index (κ1) is 18.1. The smallest absolute Gasteiger partial charge is 0.272 e. The zero-order chi connectivity index (χ0) is 17.2. The Balaban J connectivity index is 0.00000196. The highest BCUT2D eigenvalue weighted by molar-refractivity contribution is 5.94. The molecule has 1 aliphatic heterocycles. The van der Waals surface area contributed by atoms with E-state index in [9.17, 15) is 4.79 Å². The molecule has 1 amide bonds. The number of fused-ring (bicyclic) bond motifs is 1. The number of benzene rings is 1. The second-order valence-corrected chi connectivity index (χ2v) is 6.07. The van der Waals surface area contributed by atoms with E-state index in [1.165, 1.54) is 0 Å². The number of carbonyl (C=O) groups is 1. The van der Waals surface area contributed by atoms with Gasteiger partial charge >= 0.3 is 0 Å². The summed E-state index contributed by atoms with van der Waals surface area (Å²) in [6.07, 6.45) is 2.68. The number of aromatic amines is 1. The van der Waals surface area contributed by atoms with Gasteiger partial charge in [0.1, 0.15) is 5.69 Å². The van der Waals surface area contributed by atoms with E-state index in [1.54, 1.807) is 4.68 Å². The Labute approximate surface area is 156 Å². The van der Waals surface area contributed by atoms with Crippen molar-refractivity contribution < 1.29 is 4.79 Å². The number of hydrogen-bond acceptors (Lipinski definition) is 5. The summed E-state index contributed by atoms with van der Waals surface area (Å²) in [7, 11) is 0. The van der Waals surface area contributed by atoms with Gasteiger partial charge in [-0.1, -0.05) is 23.4 Å². The molecule has 3 aromatic rings. The minimum atomic E-state index is -0.270. The summed E-state index contributed by atoms with van der Waals surface area (Å²) in [5.74, 6) is -0.206. The van der Waals surface area contributed by atoms with E-state index in [0.717, 1.165) is 29.9 Å². The normalized spacial score (nSPS) is 14.2. The second kappa shape index (κ2) is 7.67. The quantitative estimate of drug-likeness (QED) is 0.644. The highest BCUT2D eigenvalue weighted by Gasteiger charge is 2.23. The molecule has 8 nitrogen and oxygen atoms in total. The first-order valence-corrected chi connectivity index (χ1v) is 8.28. The van der Waals surface area contributed by atoms with Gasteiger partial charge in [-0.15, -0.1) is 17.5 Å². The Bertz CT molecular complexity index is 890. The van der Waals surface area contributed by atoms with Crippen molar-refractivity contribution in [3.63, 3.8) is 0 Å². The number of amides is 1. The van der Waals surface area contributed by atoms with E-state index in [-0.39, 0.29) is 24.4 Å². The molecular formula is C17H20ClN7O. The first-order chi connectivity index (χ1) is 12.2. The number of hydrogen-bond donors (Lipinski definition) is 3. The molecule has 0 saturated heterocycles. The van der Waals surface area contributed by atoms with Gasteiger partial charge in [0.2, 0.25) is 0 Å². The Morgan fingerprint density at radius 2 is 2.12 bits per heavy atom. The Hall–Kier alpha value is -2.71. The van der Waals surface area contributed by atoms with Crippen LogP contribution in [0.2, 0.25) is 0 Å². The molecule has 9 heteroatoms. The van der Waals surface area contributed by atoms with Gasteiger partial charge in [0, 0.05) is 30.8 Å². The SMILES string of the molecule is CC(NC(=O)c1n[nH]c2c1CNCC2)c1cn(-c2ccccc2)nn1.Cl. The Kier molecular flexibility index (Phi) is 5.34. The number of H-pyrrole nitrogens is 1. The molecule has 0 bridgehead atoms. The van der Waals surface area contributed by atoms with Gasteiger partial charge in [0.05, 0.1) is 17.9 Å². The van der Waals surface area contributed by atoms with Crippen molar-refractivity contribution in [2.75, 3.05) is 6.54 Å². The molecule has 3 heterocycles. The lowest BCUT2D eigenvalue weighted by Gasteiger charge is -2.14. The summed E-state index contributed by atoms with van der Waals surface area (Å²) in [5, 5.41) is 21.7. The van der Waals surface area contributed by atoms with Gasteiger partial charge in [-0.05, 0) is 19.1 Å². The summed E-state index contributed by atoms with van der Waals surface area (Å²) < 4.78 is 1.69. The molecule has 1 atom stereocenters. The summed E-state index contributed by atoms with van der Waals surface area (Å²) in [6.45, 7) is 3.44. The van der Waals surface area contributed by atoms with Crippen LogP contribution in [0.4, 0.5) is 0 Å². The van der Waals surface area contributed by atoms with Gasteiger partial charge < -0.3 is 10.6 Å². The third kappa shape index (κ3) is 3.47. The van der Waals surface area contributed by atoms with Crippen LogP contribution in [0, 0.1) is 0 Å². The molecule has 4 rings (SSSR count). The van der Waals surface area contributed by atoms with E-state index in [2.05, 4.69) is 31.1 Å². The molecule has 0 fully saturated rings. The molecule has 136 valence electrons. The topological polar surface area (TPSA) is 101 Å². The van der Waals surface area contributed by atoms with Crippen molar-refractivity contribution in [1.29, 1.82) is 0 Å². The average molecular weight is 374 g/mol. The highest BCUT2D eigenvalue weighted by atomic mass is 35.5. The van der Waals surface area contributed by atoms with Gasteiger partial charge in [-0.3, -0.25) is 9.89 Å². The van der Waals surface area contributed by atoms with E-state index in [1.807, 2.05) is 43.5 Å². The summed E-state index contributed by atoms with van der Waals surface area (Å²) in [5.41, 5.74) is 4.05. The maximum absolute atomic E-state index is 12.6. The molecule has 0 spiro atoms. The fourth-order valence-corrected chi connectivity index (χ4v) is 2.93. The maximum Gasteiger partial charge on any atom is 0.272 e. The van der Waals surface area contributed by atoms with Crippen molar-refractivity contribution in [2.45, 2.75) is 25.9 Å². The maximum atomic E-state index is 12.6. The lowest BCUT2D eigenvalue weighted by molar-refractivity contribution is 0.0933. The molecule has 1 aromatic carbocycles. The summed E-state index contributed by atoms with van der Waals surface area (Å²) in [4.78, 5) is 12.6. The van der Waals surface area contributed by atoms with Crippen molar-refractivity contribution >= 4 is 18.3 Å². The number of halogens is 1.